The molecule has 0 spiro atoms. The SMILES string of the molecule is CC(C)N(CCNC(=O)OC(C)(C)C)C(=O)c1oc(CN=[N+]=[N-])cc(=O)c1OCc1ccccc1. The van der Waals surface area contributed by atoms with Crippen LogP contribution in [0.5, 0.6) is 5.75 Å². The van der Waals surface area contributed by atoms with Crippen molar-refractivity contribution in [3.63, 3.8) is 0 Å². The van der Waals surface area contributed by atoms with Crippen LogP contribution >= 0.6 is 0 Å². The minimum atomic E-state index is -0.654. The third-order valence-electron chi connectivity index (χ3n) is 4.57. The summed E-state index contributed by atoms with van der Waals surface area (Å²) < 4.78 is 16.6. The number of rotatable bonds is 10. The first-order chi connectivity index (χ1) is 16.5. The maximum absolute atomic E-state index is 13.5. The summed E-state index contributed by atoms with van der Waals surface area (Å²) in [6, 6.07) is 9.99. The van der Waals surface area contributed by atoms with Crippen LogP contribution in [0.15, 0.2) is 50.7 Å². The second-order valence-electron chi connectivity index (χ2n) is 8.92. The normalized spacial score (nSPS) is 10.9. The van der Waals surface area contributed by atoms with Crippen LogP contribution in [0.3, 0.4) is 0 Å². The average Bonchev–Trinajstić information content (AvgIpc) is 2.78. The number of azide groups is 1. The number of amides is 2. The van der Waals surface area contributed by atoms with Crippen LogP contribution in [0.25, 0.3) is 10.4 Å². The van der Waals surface area contributed by atoms with Crippen molar-refractivity contribution in [2.45, 2.75) is 59.4 Å². The number of carbonyl (C=O) groups excluding carboxylic acids is 2. The molecule has 0 unspecified atom stereocenters. The number of benzene rings is 1. The summed E-state index contributed by atoms with van der Waals surface area (Å²) in [5.74, 6) is -1.12. The smallest absolute Gasteiger partial charge is 0.407 e. The van der Waals surface area contributed by atoms with Gasteiger partial charge in [0, 0.05) is 30.1 Å². The molecule has 0 radical (unpaired) electrons. The van der Waals surface area contributed by atoms with Gasteiger partial charge in [-0.15, -0.1) is 0 Å². The number of alkyl carbamates (subject to hydrolysis) is 1. The summed E-state index contributed by atoms with van der Waals surface area (Å²) in [4.78, 5) is 42.3. The Morgan fingerprint density at radius 1 is 1.23 bits per heavy atom. The molecule has 0 aliphatic heterocycles. The highest BCUT2D eigenvalue weighted by Gasteiger charge is 2.28. The van der Waals surface area contributed by atoms with Crippen molar-refractivity contribution in [2.75, 3.05) is 13.1 Å². The van der Waals surface area contributed by atoms with Crippen molar-refractivity contribution in [3.8, 4) is 5.75 Å². The number of hydrogen-bond donors (Lipinski definition) is 1. The fourth-order valence-corrected chi connectivity index (χ4v) is 3.03. The van der Waals surface area contributed by atoms with E-state index < -0.39 is 23.0 Å². The van der Waals surface area contributed by atoms with Crippen molar-refractivity contribution in [2.24, 2.45) is 5.11 Å². The minimum Gasteiger partial charge on any atom is -0.481 e. The van der Waals surface area contributed by atoms with E-state index in [9.17, 15) is 14.4 Å². The Morgan fingerprint density at radius 3 is 2.51 bits per heavy atom. The van der Waals surface area contributed by atoms with E-state index in [1.807, 2.05) is 30.3 Å². The molecule has 0 saturated heterocycles. The lowest BCUT2D eigenvalue weighted by Gasteiger charge is -2.27. The molecule has 1 aromatic heterocycles. The van der Waals surface area contributed by atoms with Gasteiger partial charge >= 0.3 is 6.09 Å². The van der Waals surface area contributed by atoms with Gasteiger partial charge in [-0.2, -0.15) is 0 Å². The average molecular weight is 486 g/mol. The molecular weight excluding hydrogens is 454 g/mol. The number of carbonyl (C=O) groups is 2. The van der Waals surface area contributed by atoms with Crippen LogP contribution in [0.4, 0.5) is 4.79 Å². The Kier molecular flexibility index (Phi) is 9.72. The van der Waals surface area contributed by atoms with Crippen molar-refractivity contribution >= 4 is 12.0 Å². The van der Waals surface area contributed by atoms with Gasteiger partial charge in [0.15, 0.2) is 0 Å². The van der Waals surface area contributed by atoms with Crippen molar-refractivity contribution in [1.82, 2.24) is 10.2 Å². The largest absolute Gasteiger partial charge is 0.481 e. The summed E-state index contributed by atoms with van der Waals surface area (Å²) in [6.45, 7) is 8.86. The molecule has 2 rings (SSSR count). The van der Waals surface area contributed by atoms with Gasteiger partial charge in [0.25, 0.3) is 5.91 Å². The molecule has 1 N–H and O–H groups in total. The summed E-state index contributed by atoms with van der Waals surface area (Å²) in [6.07, 6.45) is -0.608. The summed E-state index contributed by atoms with van der Waals surface area (Å²) in [7, 11) is 0. The zero-order valence-corrected chi connectivity index (χ0v) is 20.6. The van der Waals surface area contributed by atoms with Gasteiger partial charge in [-0.25, -0.2) is 4.79 Å². The predicted molar refractivity (Wildman–Crippen MR) is 129 cm³/mol. The van der Waals surface area contributed by atoms with Crippen LogP contribution in [0, 0.1) is 0 Å². The summed E-state index contributed by atoms with van der Waals surface area (Å²) in [5.41, 5.74) is 8.18. The van der Waals surface area contributed by atoms with E-state index in [1.165, 1.54) is 4.90 Å². The molecule has 0 fully saturated rings. The van der Waals surface area contributed by atoms with E-state index in [4.69, 9.17) is 19.4 Å². The van der Waals surface area contributed by atoms with Crippen LogP contribution < -0.4 is 15.5 Å². The van der Waals surface area contributed by atoms with Crippen molar-refractivity contribution in [3.05, 3.63) is 74.1 Å². The third kappa shape index (κ3) is 8.71. The second kappa shape index (κ2) is 12.5. The topological polar surface area (TPSA) is 147 Å². The first-order valence-electron chi connectivity index (χ1n) is 11.1. The fourth-order valence-electron chi connectivity index (χ4n) is 3.03. The zero-order valence-electron chi connectivity index (χ0n) is 20.6. The van der Waals surface area contributed by atoms with Crippen LogP contribution in [-0.4, -0.2) is 41.6 Å². The number of nitrogens with one attached hydrogen (secondary N) is 1. The summed E-state index contributed by atoms with van der Waals surface area (Å²) >= 11 is 0. The molecule has 0 aliphatic rings. The first kappa shape index (κ1) is 27.3. The van der Waals surface area contributed by atoms with E-state index >= 15 is 0 Å². The highest BCUT2D eigenvalue weighted by Crippen LogP contribution is 2.21. The standard InChI is InChI=1S/C24H31N5O6/c1-16(2)29(12-11-26-23(32)35-24(3,4)5)22(31)21-20(33-15-17-9-7-6-8-10-17)19(30)13-18(34-21)14-27-28-25/h6-10,13,16H,11-12,14-15H2,1-5H3,(H,26,32). The zero-order chi connectivity index (χ0) is 26.0. The molecule has 0 bridgehead atoms. The van der Waals surface area contributed by atoms with Crippen LogP contribution in [0.1, 0.15) is 56.5 Å². The molecule has 0 aliphatic carbocycles. The maximum atomic E-state index is 13.5. The van der Waals surface area contributed by atoms with Gasteiger partial charge in [-0.1, -0.05) is 35.4 Å². The summed E-state index contributed by atoms with van der Waals surface area (Å²) in [5, 5.41) is 6.01. The number of hydrogen-bond acceptors (Lipinski definition) is 7. The van der Waals surface area contributed by atoms with Crippen molar-refractivity contribution in [1.29, 1.82) is 0 Å². The Bertz CT molecular complexity index is 1120. The van der Waals surface area contributed by atoms with E-state index in [-0.39, 0.29) is 49.6 Å². The van der Waals surface area contributed by atoms with Crippen LogP contribution in [-0.2, 0) is 17.9 Å². The lowest BCUT2D eigenvalue weighted by molar-refractivity contribution is 0.0502. The molecule has 11 nitrogen and oxygen atoms in total. The fraction of sp³-hybridized carbons (Fsp3) is 0.458. The highest BCUT2D eigenvalue weighted by atomic mass is 16.6. The van der Waals surface area contributed by atoms with E-state index in [0.29, 0.717) is 0 Å². The molecule has 188 valence electrons. The molecule has 2 amide bonds. The van der Waals surface area contributed by atoms with Gasteiger partial charge in [0.2, 0.25) is 16.9 Å². The lowest BCUT2D eigenvalue weighted by atomic mass is 10.2. The molecule has 11 heteroatoms. The molecule has 0 atom stereocenters. The maximum Gasteiger partial charge on any atom is 0.407 e. The quantitative estimate of drug-likeness (QED) is 0.300. The highest BCUT2D eigenvalue weighted by molar-refractivity contribution is 5.94. The second-order valence-corrected chi connectivity index (χ2v) is 8.92. The lowest BCUT2D eigenvalue weighted by Crippen LogP contribution is -2.43. The van der Waals surface area contributed by atoms with Crippen molar-refractivity contribution < 1.29 is 23.5 Å². The van der Waals surface area contributed by atoms with E-state index in [0.717, 1.165) is 11.6 Å². The Labute approximate surface area is 203 Å². The molecule has 0 saturated carbocycles. The molecular formula is C24H31N5O6. The van der Waals surface area contributed by atoms with E-state index in [1.54, 1.807) is 34.6 Å². The van der Waals surface area contributed by atoms with Gasteiger partial charge in [-0.05, 0) is 45.7 Å². The molecule has 1 aromatic carbocycles. The predicted octanol–water partition coefficient (Wildman–Crippen LogP) is 4.40. The van der Waals surface area contributed by atoms with E-state index in [2.05, 4.69) is 15.3 Å². The van der Waals surface area contributed by atoms with Gasteiger partial charge in [0.05, 0.1) is 6.54 Å². The molecule has 2 aromatic rings. The third-order valence-corrected chi connectivity index (χ3v) is 4.57. The Balaban J connectivity index is 2.30. The molecule has 35 heavy (non-hydrogen) atoms. The minimum absolute atomic E-state index is 0.0267. The van der Waals surface area contributed by atoms with Gasteiger partial charge in [0.1, 0.15) is 18.0 Å². The van der Waals surface area contributed by atoms with Gasteiger partial charge < -0.3 is 24.1 Å². The monoisotopic (exact) mass is 485 g/mol. The number of ether oxygens (including phenoxy) is 2. The molecule has 1 heterocycles. The first-order valence-corrected chi connectivity index (χ1v) is 11.1. The van der Waals surface area contributed by atoms with Gasteiger partial charge in [-0.3, -0.25) is 9.59 Å². The Morgan fingerprint density at radius 2 is 1.91 bits per heavy atom. The van der Waals surface area contributed by atoms with Crippen LogP contribution in [0.2, 0.25) is 0 Å². The Hall–Kier alpha value is -3.98. The number of nitrogens with zero attached hydrogens (tertiary/aromatic N) is 4.